The number of halogens is 2. The Labute approximate surface area is 204 Å². The van der Waals surface area contributed by atoms with Crippen molar-refractivity contribution >= 4 is 39.0 Å². The van der Waals surface area contributed by atoms with Crippen molar-refractivity contribution in [3.8, 4) is 11.5 Å². The smallest absolute Gasteiger partial charge is 0.264 e. The SMILES string of the molecule is C=C(/C=C(/C=C1\Oc2ccc(Cl)cc2N1CCCS(=O)(=O)O)CC)Oc1ccc(Cl)cc1C. The van der Waals surface area contributed by atoms with E-state index >= 15 is 0 Å². The van der Waals surface area contributed by atoms with Gasteiger partial charge in [-0.2, -0.15) is 8.42 Å². The van der Waals surface area contributed by atoms with Crippen LogP contribution in [0.5, 0.6) is 11.5 Å². The zero-order chi connectivity index (χ0) is 24.2. The minimum Gasteiger partial charge on any atom is -0.458 e. The van der Waals surface area contributed by atoms with Gasteiger partial charge in [-0.05, 0) is 73.4 Å². The Morgan fingerprint density at radius 1 is 1.21 bits per heavy atom. The predicted molar refractivity (Wildman–Crippen MR) is 133 cm³/mol. The third-order valence-electron chi connectivity index (χ3n) is 4.92. The van der Waals surface area contributed by atoms with E-state index in [-0.39, 0.29) is 12.2 Å². The Morgan fingerprint density at radius 3 is 2.58 bits per heavy atom. The van der Waals surface area contributed by atoms with Crippen LogP contribution in [0.1, 0.15) is 25.3 Å². The fraction of sp³-hybridized carbons (Fsp3) is 0.250. The molecule has 0 unspecified atom stereocenters. The lowest BCUT2D eigenvalue weighted by Gasteiger charge is -2.18. The van der Waals surface area contributed by atoms with Crippen LogP contribution in [0, 0.1) is 6.92 Å². The number of nitrogens with zero attached hydrogens (tertiary/aromatic N) is 1. The van der Waals surface area contributed by atoms with Gasteiger partial charge in [0.05, 0.1) is 11.4 Å². The van der Waals surface area contributed by atoms with Gasteiger partial charge in [0.25, 0.3) is 10.1 Å². The summed E-state index contributed by atoms with van der Waals surface area (Å²) in [5.41, 5.74) is 2.51. The molecule has 0 atom stereocenters. The maximum Gasteiger partial charge on any atom is 0.264 e. The number of ether oxygens (including phenoxy) is 2. The number of rotatable bonds is 9. The highest BCUT2D eigenvalue weighted by molar-refractivity contribution is 7.85. The Hall–Kier alpha value is -2.45. The average Bonchev–Trinajstić information content (AvgIpc) is 3.05. The molecule has 176 valence electrons. The van der Waals surface area contributed by atoms with Crippen molar-refractivity contribution in [2.24, 2.45) is 0 Å². The normalized spacial score (nSPS) is 14.9. The number of hydrogen-bond acceptors (Lipinski definition) is 5. The van der Waals surface area contributed by atoms with Gasteiger partial charge in [0.1, 0.15) is 11.5 Å². The summed E-state index contributed by atoms with van der Waals surface area (Å²) in [5, 5.41) is 1.16. The maximum atomic E-state index is 11.2. The molecule has 0 fully saturated rings. The monoisotopic (exact) mass is 509 g/mol. The molecule has 2 aromatic carbocycles. The maximum absolute atomic E-state index is 11.2. The van der Waals surface area contributed by atoms with E-state index in [0.717, 1.165) is 16.8 Å². The van der Waals surface area contributed by atoms with Crippen LogP contribution < -0.4 is 14.4 Å². The van der Waals surface area contributed by atoms with Crippen LogP contribution in [-0.2, 0) is 10.1 Å². The summed E-state index contributed by atoms with van der Waals surface area (Å²) in [5.74, 6) is 1.89. The van der Waals surface area contributed by atoms with E-state index in [4.69, 9.17) is 37.2 Å². The second-order valence-corrected chi connectivity index (χ2v) is 9.98. The summed E-state index contributed by atoms with van der Waals surface area (Å²) >= 11 is 12.2. The molecule has 0 spiro atoms. The fourth-order valence-electron chi connectivity index (χ4n) is 3.33. The molecule has 1 heterocycles. The molecule has 0 saturated carbocycles. The summed E-state index contributed by atoms with van der Waals surface area (Å²) in [6.07, 6.45) is 4.55. The summed E-state index contributed by atoms with van der Waals surface area (Å²) in [6, 6.07) is 10.6. The minimum absolute atomic E-state index is 0.211. The first-order valence-electron chi connectivity index (χ1n) is 10.3. The van der Waals surface area contributed by atoms with E-state index in [0.29, 0.717) is 46.2 Å². The van der Waals surface area contributed by atoms with Gasteiger partial charge in [0, 0.05) is 22.7 Å². The molecule has 0 aromatic heterocycles. The first-order chi connectivity index (χ1) is 15.6. The third-order valence-corrected chi connectivity index (χ3v) is 6.19. The lowest BCUT2D eigenvalue weighted by Crippen LogP contribution is -2.23. The topological polar surface area (TPSA) is 76.1 Å². The number of anilines is 1. The molecule has 6 nitrogen and oxygen atoms in total. The highest BCUT2D eigenvalue weighted by atomic mass is 35.5. The van der Waals surface area contributed by atoms with Crippen molar-refractivity contribution in [3.63, 3.8) is 0 Å². The summed E-state index contributed by atoms with van der Waals surface area (Å²) in [6.45, 7) is 8.21. The summed E-state index contributed by atoms with van der Waals surface area (Å²) < 4.78 is 43.3. The van der Waals surface area contributed by atoms with Gasteiger partial charge >= 0.3 is 0 Å². The van der Waals surface area contributed by atoms with Crippen LogP contribution in [-0.4, -0.2) is 25.3 Å². The van der Waals surface area contributed by atoms with Crippen LogP contribution in [0.15, 0.2) is 72.3 Å². The molecule has 0 radical (unpaired) electrons. The summed E-state index contributed by atoms with van der Waals surface area (Å²) in [4.78, 5) is 1.84. The van der Waals surface area contributed by atoms with Gasteiger partial charge in [-0.1, -0.05) is 36.7 Å². The first-order valence-corrected chi connectivity index (χ1v) is 12.7. The molecule has 2 aromatic rings. The van der Waals surface area contributed by atoms with Gasteiger partial charge in [0.15, 0.2) is 5.75 Å². The van der Waals surface area contributed by atoms with E-state index in [1.165, 1.54) is 0 Å². The number of hydrogen-bond donors (Lipinski definition) is 1. The van der Waals surface area contributed by atoms with E-state index in [1.54, 1.807) is 30.3 Å². The molecule has 1 aliphatic rings. The van der Waals surface area contributed by atoms with E-state index in [2.05, 4.69) is 6.58 Å². The van der Waals surface area contributed by atoms with Crippen LogP contribution in [0.2, 0.25) is 10.0 Å². The standard InChI is InChI=1S/C24H25Cl2NO5S/c1-4-18(13-17(3)31-22-8-6-19(25)12-16(22)2)14-24-27(10-5-11-33(28,29)30)21-15-20(26)7-9-23(21)32-24/h6-9,12-15H,3-5,10-11H2,1-2H3,(H,28,29,30)/b18-13+,24-14-. The highest BCUT2D eigenvalue weighted by Gasteiger charge is 2.27. The molecule has 0 amide bonds. The fourth-order valence-corrected chi connectivity index (χ4v) is 4.21. The Morgan fingerprint density at radius 2 is 1.91 bits per heavy atom. The Kier molecular flexibility index (Phi) is 8.13. The lowest BCUT2D eigenvalue weighted by atomic mass is 10.1. The molecule has 1 aliphatic heterocycles. The Bertz CT molecular complexity index is 1220. The van der Waals surface area contributed by atoms with Gasteiger partial charge in [0.2, 0.25) is 5.88 Å². The van der Waals surface area contributed by atoms with Crippen LogP contribution >= 0.6 is 23.2 Å². The van der Waals surface area contributed by atoms with E-state index < -0.39 is 10.1 Å². The van der Waals surface area contributed by atoms with Crippen molar-refractivity contribution in [1.82, 2.24) is 0 Å². The highest BCUT2D eigenvalue weighted by Crippen LogP contribution is 2.41. The summed E-state index contributed by atoms with van der Waals surface area (Å²) in [7, 11) is -4.06. The Balaban J connectivity index is 1.84. The second-order valence-electron chi connectivity index (χ2n) is 7.54. The quantitative estimate of drug-likeness (QED) is 0.234. The van der Waals surface area contributed by atoms with Crippen LogP contribution in [0.25, 0.3) is 0 Å². The number of allylic oxidation sites excluding steroid dienone is 3. The van der Waals surface area contributed by atoms with Gasteiger partial charge in [-0.3, -0.25) is 4.55 Å². The predicted octanol–water partition coefficient (Wildman–Crippen LogP) is 6.55. The largest absolute Gasteiger partial charge is 0.458 e. The first kappa shape index (κ1) is 25.2. The third kappa shape index (κ3) is 7.01. The molecule has 1 N–H and O–H groups in total. The van der Waals surface area contributed by atoms with Crippen molar-refractivity contribution < 1.29 is 22.4 Å². The van der Waals surface area contributed by atoms with E-state index in [1.807, 2.05) is 37.0 Å². The van der Waals surface area contributed by atoms with Gasteiger partial charge in [-0.25, -0.2) is 0 Å². The molecular weight excluding hydrogens is 485 g/mol. The van der Waals surface area contributed by atoms with Crippen LogP contribution in [0.3, 0.4) is 0 Å². The van der Waals surface area contributed by atoms with Crippen LogP contribution in [0.4, 0.5) is 5.69 Å². The van der Waals surface area contributed by atoms with Crippen molar-refractivity contribution in [2.45, 2.75) is 26.7 Å². The second kappa shape index (κ2) is 10.7. The van der Waals surface area contributed by atoms with Gasteiger partial charge < -0.3 is 14.4 Å². The average molecular weight is 510 g/mol. The number of fused-ring (bicyclic) bond motifs is 1. The molecule has 0 aliphatic carbocycles. The van der Waals surface area contributed by atoms with Crippen molar-refractivity contribution in [2.75, 3.05) is 17.2 Å². The molecule has 9 heteroatoms. The molecule has 0 saturated heterocycles. The zero-order valence-electron chi connectivity index (χ0n) is 18.3. The molecular formula is C24H25Cl2NO5S. The number of benzene rings is 2. The number of aryl methyl sites for hydroxylation is 1. The zero-order valence-corrected chi connectivity index (χ0v) is 20.7. The van der Waals surface area contributed by atoms with Crippen molar-refractivity contribution in [3.05, 3.63) is 88.0 Å². The lowest BCUT2D eigenvalue weighted by molar-refractivity contribution is 0.435. The molecule has 33 heavy (non-hydrogen) atoms. The van der Waals surface area contributed by atoms with Crippen molar-refractivity contribution in [1.29, 1.82) is 0 Å². The minimum atomic E-state index is -4.06. The molecule has 3 rings (SSSR count). The van der Waals surface area contributed by atoms with E-state index in [9.17, 15) is 8.42 Å². The van der Waals surface area contributed by atoms with Gasteiger partial charge in [-0.15, -0.1) is 0 Å². The molecule has 0 bridgehead atoms.